The highest BCUT2D eigenvalue weighted by molar-refractivity contribution is 5.79. The Morgan fingerprint density at radius 1 is 1.27 bits per heavy atom. The van der Waals surface area contributed by atoms with Crippen LogP contribution in [0.3, 0.4) is 0 Å². The first-order valence-corrected chi connectivity index (χ1v) is 10.5. The first-order chi connectivity index (χ1) is 14.4. The number of hydrogen-bond acceptors (Lipinski definition) is 6. The third kappa shape index (κ3) is 4.33. The van der Waals surface area contributed by atoms with Crippen LogP contribution < -0.4 is 5.69 Å². The minimum atomic E-state index is -0.818. The minimum Gasteiger partial charge on any atom is -0.437 e. The van der Waals surface area contributed by atoms with E-state index in [9.17, 15) is 15.0 Å². The van der Waals surface area contributed by atoms with Crippen LogP contribution in [0.15, 0.2) is 45.7 Å². The van der Waals surface area contributed by atoms with Crippen LogP contribution in [0.25, 0.3) is 22.4 Å². The lowest BCUT2D eigenvalue weighted by atomic mass is 10.0. The van der Waals surface area contributed by atoms with Crippen molar-refractivity contribution in [1.29, 1.82) is 0 Å². The van der Waals surface area contributed by atoms with Crippen LogP contribution >= 0.6 is 0 Å². The largest absolute Gasteiger partial charge is 0.437 e. The molecule has 7 nitrogen and oxygen atoms in total. The van der Waals surface area contributed by atoms with Gasteiger partial charge in [0.25, 0.3) is 0 Å². The van der Waals surface area contributed by atoms with Gasteiger partial charge in [-0.15, -0.1) is 0 Å². The molecule has 1 saturated heterocycles. The Labute approximate surface area is 174 Å². The van der Waals surface area contributed by atoms with E-state index in [-0.39, 0.29) is 18.7 Å². The van der Waals surface area contributed by atoms with Gasteiger partial charge in [-0.3, -0.25) is 4.57 Å². The molecule has 0 bridgehead atoms. The zero-order valence-electron chi connectivity index (χ0n) is 17.3. The number of rotatable bonds is 7. The fourth-order valence-electron chi connectivity index (χ4n) is 3.87. The molecule has 3 atom stereocenters. The highest BCUT2D eigenvalue weighted by atomic mass is 16.5. The number of nitrogens with zero attached hydrogens (tertiary/aromatic N) is 2. The van der Waals surface area contributed by atoms with Crippen LogP contribution in [0.2, 0.25) is 0 Å². The van der Waals surface area contributed by atoms with E-state index in [4.69, 9.17) is 9.15 Å². The smallest absolute Gasteiger partial charge is 0.353 e. The summed E-state index contributed by atoms with van der Waals surface area (Å²) in [5, 5.41) is 19.9. The van der Waals surface area contributed by atoms with Gasteiger partial charge in [-0.25, -0.2) is 4.79 Å². The van der Waals surface area contributed by atoms with Gasteiger partial charge in [0.1, 0.15) is 18.1 Å². The third-order valence-electron chi connectivity index (χ3n) is 5.62. The first-order valence-electron chi connectivity index (χ1n) is 10.5. The summed E-state index contributed by atoms with van der Waals surface area (Å²) in [6.45, 7) is 4.18. The molecule has 4 rings (SSSR count). The Kier molecular flexibility index (Phi) is 6.04. The van der Waals surface area contributed by atoms with Gasteiger partial charge in [0.05, 0.1) is 18.1 Å². The molecule has 0 aliphatic carbocycles. The Bertz CT molecular complexity index is 1050. The lowest BCUT2D eigenvalue weighted by Gasteiger charge is -2.13. The normalized spacial score (nSPS) is 21.7. The van der Waals surface area contributed by atoms with E-state index >= 15 is 0 Å². The van der Waals surface area contributed by atoms with E-state index in [2.05, 4.69) is 31.0 Å². The van der Waals surface area contributed by atoms with Crippen molar-refractivity contribution < 1.29 is 19.4 Å². The summed E-state index contributed by atoms with van der Waals surface area (Å²) in [6.07, 6.45) is 3.13. The molecule has 0 amide bonds. The number of aromatic nitrogens is 2. The lowest BCUT2D eigenvalue weighted by molar-refractivity contribution is -0.0457. The van der Waals surface area contributed by atoms with Crippen molar-refractivity contribution in [1.82, 2.24) is 9.55 Å². The Hall–Kier alpha value is -2.48. The average Bonchev–Trinajstić information content (AvgIpc) is 3.30. The van der Waals surface area contributed by atoms with Crippen molar-refractivity contribution in [3.8, 4) is 11.3 Å². The summed E-state index contributed by atoms with van der Waals surface area (Å²) in [7, 11) is 0. The fourth-order valence-corrected chi connectivity index (χ4v) is 3.87. The van der Waals surface area contributed by atoms with Gasteiger partial charge in [-0.1, -0.05) is 44.5 Å². The number of hydrogen-bond donors (Lipinski definition) is 2. The molecule has 1 aliphatic heterocycles. The van der Waals surface area contributed by atoms with E-state index in [0.29, 0.717) is 17.1 Å². The van der Waals surface area contributed by atoms with Crippen LogP contribution in [0.1, 0.15) is 44.9 Å². The zero-order chi connectivity index (χ0) is 21.3. The van der Waals surface area contributed by atoms with Crippen molar-refractivity contribution in [2.45, 2.75) is 58.0 Å². The Morgan fingerprint density at radius 3 is 2.70 bits per heavy atom. The predicted molar refractivity (Wildman–Crippen MR) is 113 cm³/mol. The molecule has 1 aromatic carbocycles. The number of ether oxygens (including phenoxy) is 1. The van der Waals surface area contributed by atoms with Crippen molar-refractivity contribution in [3.63, 3.8) is 0 Å². The molecule has 7 heteroatoms. The SMILES string of the molecule is CC(C)CCCc1ccc(-c2cc3cn(C4CC(O)C(CO)O4)c(=O)nc3o2)cc1. The van der Waals surface area contributed by atoms with E-state index in [1.165, 1.54) is 23.0 Å². The van der Waals surface area contributed by atoms with Crippen molar-refractivity contribution in [3.05, 3.63) is 52.6 Å². The molecule has 3 aromatic rings. The molecule has 1 fully saturated rings. The number of furan rings is 1. The van der Waals surface area contributed by atoms with Gasteiger partial charge in [0.15, 0.2) is 0 Å². The Morgan fingerprint density at radius 2 is 2.03 bits per heavy atom. The average molecular weight is 412 g/mol. The van der Waals surface area contributed by atoms with E-state index in [0.717, 1.165) is 12.0 Å². The van der Waals surface area contributed by atoms with Crippen LogP contribution in [0.4, 0.5) is 0 Å². The maximum atomic E-state index is 12.4. The number of aryl methyl sites for hydroxylation is 1. The Balaban J connectivity index is 1.54. The quantitative estimate of drug-likeness (QED) is 0.618. The second kappa shape index (κ2) is 8.71. The summed E-state index contributed by atoms with van der Waals surface area (Å²) in [5.41, 5.74) is 1.97. The second-order valence-corrected chi connectivity index (χ2v) is 8.40. The summed E-state index contributed by atoms with van der Waals surface area (Å²) in [4.78, 5) is 16.5. The summed E-state index contributed by atoms with van der Waals surface area (Å²) < 4.78 is 12.7. The van der Waals surface area contributed by atoms with Crippen molar-refractivity contribution in [2.24, 2.45) is 5.92 Å². The van der Waals surface area contributed by atoms with Gasteiger partial charge in [0, 0.05) is 18.2 Å². The maximum absolute atomic E-state index is 12.4. The third-order valence-corrected chi connectivity index (χ3v) is 5.62. The van der Waals surface area contributed by atoms with E-state index in [1.54, 1.807) is 6.20 Å². The standard InChI is InChI=1S/C23H28N2O5/c1-14(2)4-3-5-15-6-8-16(9-7-15)19-10-17-12-25(23(28)24-22(17)30-19)21-11-18(27)20(13-26)29-21/h6-10,12,14,18,20-21,26-27H,3-5,11,13H2,1-2H3. The molecular formula is C23H28N2O5. The summed E-state index contributed by atoms with van der Waals surface area (Å²) >= 11 is 0. The number of aliphatic hydroxyl groups is 2. The van der Waals surface area contributed by atoms with Gasteiger partial charge >= 0.3 is 5.69 Å². The summed E-state index contributed by atoms with van der Waals surface area (Å²) in [6, 6.07) is 10.1. The van der Waals surface area contributed by atoms with Crippen LogP contribution in [0.5, 0.6) is 0 Å². The molecule has 0 saturated carbocycles. The lowest BCUT2D eigenvalue weighted by Crippen LogP contribution is -2.27. The molecule has 1 aliphatic rings. The maximum Gasteiger partial charge on any atom is 0.353 e. The second-order valence-electron chi connectivity index (χ2n) is 8.40. The van der Waals surface area contributed by atoms with Crippen LogP contribution in [-0.4, -0.2) is 38.6 Å². The molecule has 30 heavy (non-hydrogen) atoms. The molecule has 0 spiro atoms. The molecule has 3 heterocycles. The van der Waals surface area contributed by atoms with Crippen LogP contribution in [0, 0.1) is 5.92 Å². The molecule has 3 unspecified atom stereocenters. The minimum absolute atomic E-state index is 0.224. The predicted octanol–water partition coefficient (Wildman–Crippen LogP) is 3.28. The van der Waals surface area contributed by atoms with Crippen molar-refractivity contribution in [2.75, 3.05) is 6.61 Å². The van der Waals surface area contributed by atoms with Gasteiger partial charge in [-0.05, 0) is 30.4 Å². The van der Waals surface area contributed by atoms with Gasteiger partial charge in [0.2, 0.25) is 5.71 Å². The molecule has 160 valence electrons. The number of fused-ring (bicyclic) bond motifs is 1. The zero-order valence-corrected chi connectivity index (χ0v) is 17.3. The highest BCUT2D eigenvalue weighted by Crippen LogP contribution is 2.30. The van der Waals surface area contributed by atoms with Gasteiger partial charge in [-0.2, -0.15) is 4.98 Å². The van der Waals surface area contributed by atoms with Crippen LogP contribution in [-0.2, 0) is 11.2 Å². The monoisotopic (exact) mass is 412 g/mol. The first kappa shape index (κ1) is 20.8. The number of aliphatic hydroxyl groups excluding tert-OH is 2. The van der Waals surface area contributed by atoms with E-state index < -0.39 is 24.1 Å². The molecule has 2 N–H and O–H groups in total. The summed E-state index contributed by atoms with van der Waals surface area (Å²) in [5.74, 6) is 1.36. The fraction of sp³-hybridized carbons (Fsp3) is 0.478. The topological polar surface area (TPSA) is 97.7 Å². The van der Waals surface area contributed by atoms with Crippen molar-refractivity contribution >= 4 is 11.1 Å². The van der Waals surface area contributed by atoms with Gasteiger partial charge < -0.3 is 19.4 Å². The number of benzene rings is 1. The molecule has 0 radical (unpaired) electrons. The van der Waals surface area contributed by atoms with E-state index in [1.807, 2.05) is 18.2 Å². The molecule has 2 aromatic heterocycles. The molecular weight excluding hydrogens is 384 g/mol. The highest BCUT2D eigenvalue weighted by Gasteiger charge is 2.35.